The molecule has 0 spiro atoms. The molecular weight excluding hydrogens is 150 g/mol. The summed E-state index contributed by atoms with van der Waals surface area (Å²) in [5.41, 5.74) is 7.58. The molecule has 2 N–H and O–H groups in total. The van der Waals surface area contributed by atoms with Crippen LogP contribution in [0.25, 0.3) is 0 Å². The predicted octanol–water partition coefficient (Wildman–Crippen LogP) is 2.13. The van der Waals surface area contributed by atoms with Crippen molar-refractivity contribution in [3.63, 3.8) is 0 Å². The van der Waals surface area contributed by atoms with Gasteiger partial charge in [-0.3, -0.25) is 4.68 Å². The Hall–Kier alpha value is -0.990. The monoisotopic (exact) mass is 167 g/mol. The summed E-state index contributed by atoms with van der Waals surface area (Å²) in [4.78, 5) is 0. The highest BCUT2D eigenvalue weighted by Gasteiger charge is 2.10. The maximum atomic E-state index is 5.70. The highest BCUT2D eigenvalue weighted by molar-refractivity contribution is 5.39. The molecule has 0 unspecified atom stereocenters. The molecule has 0 saturated carbocycles. The fourth-order valence-corrected chi connectivity index (χ4v) is 1.44. The summed E-state index contributed by atoms with van der Waals surface area (Å²) >= 11 is 0. The van der Waals surface area contributed by atoms with Crippen molar-refractivity contribution in [1.29, 1.82) is 0 Å². The molecule has 0 aliphatic rings. The Morgan fingerprint density at radius 2 is 2.08 bits per heavy atom. The molecular formula is C9H17N3. The topological polar surface area (TPSA) is 43.8 Å². The Morgan fingerprint density at radius 3 is 2.42 bits per heavy atom. The Bertz CT molecular complexity index is 248. The van der Waals surface area contributed by atoms with Gasteiger partial charge in [-0.15, -0.1) is 0 Å². The SMILES string of the molecule is CCC(CC)n1ncc(N)c1C. The second-order valence-corrected chi connectivity index (χ2v) is 3.10. The van der Waals surface area contributed by atoms with Crippen LogP contribution >= 0.6 is 0 Å². The Kier molecular flexibility index (Phi) is 2.74. The summed E-state index contributed by atoms with van der Waals surface area (Å²) < 4.78 is 2.02. The first-order valence-electron chi connectivity index (χ1n) is 4.50. The molecule has 1 rings (SSSR count). The molecule has 12 heavy (non-hydrogen) atoms. The minimum Gasteiger partial charge on any atom is -0.396 e. The lowest BCUT2D eigenvalue weighted by Crippen LogP contribution is -2.10. The lowest BCUT2D eigenvalue weighted by Gasteiger charge is -2.14. The molecule has 0 amide bonds. The zero-order chi connectivity index (χ0) is 9.14. The predicted molar refractivity (Wildman–Crippen MR) is 51.0 cm³/mol. The van der Waals surface area contributed by atoms with E-state index in [1.807, 2.05) is 11.6 Å². The van der Waals surface area contributed by atoms with Crippen LogP contribution in [0.15, 0.2) is 6.20 Å². The van der Waals surface area contributed by atoms with E-state index in [9.17, 15) is 0 Å². The van der Waals surface area contributed by atoms with Crippen molar-refractivity contribution in [2.45, 2.75) is 39.7 Å². The molecule has 1 heterocycles. The largest absolute Gasteiger partial charge is 0.396 e. The van der Waals surface area contributed by atoms with Crippen molar-refractivity contribution >= 4 is 5.69 Å². The van der Waals surface area contributed by atoms with Gasteiger partial charge >= 0.3 is 0 Å². The lowest BCUT2D eigenvalue weighted by molar-refractivity contribution is 0.420. The molecule has 0 bridgehead atoms. The van der Waals surface area contributed by atoms with Crippen LogP contribution in [0.3, 0.4) is 0 Å². The number of aromatic nitrogens is 2. The number of nitrogens with two attached hydrogens (primary N) is 1. The van der Waals surface area contributed by atoms with Crippen LogP contribution in [0.5, 0.6) is 0 Å². The summed E-state index contributed by atoms with van der Waals surface area (Å²) in [6.45, 7) is 6.36. The van der Waals surface area contributed by atoms with E-state index in [2.05, 4.69) is 18.9 Å². The fourth-order valence-electron chi connectivity index (χ4n) is 1.44. The van der Waals surface area contributed by atoms with E-state index < -0.39 is 0 Å². The molecule has 0 aromatic carbocycles. The van der Waals surface area contributed by atoms with E-state index >= 15 is 0 Å². The van der Waals surface area contributed by atoms with Crippen LogP contribution in [0, 0.1) is 6.92 Å². The third-order valence-corrected chi connectivity index (χ3v) is 2.37. The molecule has 0 aliphatic carbocycles. The quantitative estimate of drug-likeness (QED) is 0.749. The van der Waals surface area contributed by atoms with Crippen molar-refractivity contribution < 1.29 is 0 Å². The van der Waals surface area contributed by atoms with Gasteiger partial charge in [0, 0.05) is 0 Å². The second kappa shape index (κ2) is 3.61. The first-order valence-corrected chi connectivity index (χ1v) is 4.50. The Morgan fingerprint density at radius 1 is 1.50 bits per heavy atom. The summed E-state index contributed by atoms with van der Waals surface area (Å²) in [6.07, 6.45) is 3.95. The van der Waals surface area contributed by atoms with Gasteiger partial charge in [0.25, 0.3) is 0 Å². The zero-order valence-electron chi connectivity index (χ0n) is 8.04. The average molecular weight is 167 g/mol. The van der Waals surface area contributed by atoms with Crippen LogP contribution in [0.1, 0.15) is 38.4 Å². The number of rotatable bonds is 3. The average Bonchev–Trinajstić information content (AvgIpc) is 2.38. The van der Waals surface area contributed by atoms with E-state index in [-0.39, 0.29) is 0 Å². The highest BCUT2D eigenvalue weighted by atomic mass is 15.3. The van der Waals surface area contributed by atoms with Crippen LogP contribution < -0.4 is 5.73 Å². The van der Waals surface area contributed by atoms with E-state index in [0.29, 0.717) is 6.04 Å². The summed E-state index contributed by atoms with van der Waals surface area (Å²) in [6, 6.07) is 0.502. The van der Waals surface area contributed by atoms with E-state index in [4.69, 9.17) is 5.73 Å². The molecule has 1 aromatic heterocycles. The van der Waals surface area contributed by atoms with Crippen LogP contribution in [0.4, 0.5) is 5.69 Å². The van der Waals surface area contributed by atoms with Crippen molar-refractivity contribution in [1.82, 2.24) is 9.78 Å². The molecule has 1 aromatic rings. The van der Waals surface area contributed by atoms with Crippen molar-refractivity contribution in [2.24, 2.45) is 0 Å². The van der Waals surface area contributed by atoms with Crippen LogP contribution in [-0.4, -0.2) is 9.78 Å². The highest BCUT2D eigenvalue weighted by Crippen LogP contribution is 2.19. The van der Waals surface area contributed by atoms with Gasteiger partial charge in [-0.05, 0) is 19.8 Å². The first-order chi connectivity index (χ1) is 5.70. The molecule has 3 nitrogen and oxygen atoms in total. The van der Waals surface area contributed by atoms with Gasteiger partial charge in [0.15, 0.2) is 0 Å². The second-order valence-electron chi connectivity index (χ2n) is 3.10. The number of hydrogen-bond acceptors (Lipinski definition) is 2. The van der Waals surface area contributed by atoms with E-state index in [0.717, 1.165) is 24.2 Å². The molecule has 0 fully saturated rings. The van der Waals surface area contributed by atoms with Crippen molar-refractivity contribution in [2.75, 3.05) is 5.73 Å². The van der Waals surface area contributed by atoms with Gasteiger partial charge in [-0.1, -0.05) is 13.8 Å². The summed E-state index contributed by atoms with van der Waals surface area (Å²) in [5.74, 6) is 0. The minimum atomic E-state index is 0.502. The first kappa shape index (κ1) is 9.10. The molecule has 0 radical (unpaired) electrons. The molecule has 0 saturated heterocycles. The lowest BCUT2D eigenvalue weighted by atomic mass is 10.2. The van der Waals surface area contributed by atoms with Gasteiger partial charge in [0.1, 0.15) is 0 Å². The molecule has 68 valence electrons. The summed E-state index contributed by atoms with van der Waals surface area (Å²) in [7, 11) is 0. The van der Waals surface area contributed by atoms with Crippen LogP contribution in [-0.2, 0) is 0 Å². The fraction of sp³-hybridized carbons (Fsp3) is 0.667. The molecule has 0 aliphatic heterocycles. The standard InChI is InChI=1S/C9H17N3/c1-4-8(5-2)12-7(3)9(10)6-11-12/h6,8H,4-5,10H2,1-3H3. The van der Waals surface area contributed by atoms with Crippen LogP contribution in [0.2, 0.25) is 0 Å². The number of anilines is 1. The van der Waals surface area contributed by atoms with Gasteiger partial charge < -0.3 is 5.73 Å². The maximum absolute atomic E-state index is 5.70. The molecule has 0 atom stereocenters. The van der Waals surface area contributed by atoms with Crippen molar-refractivity contribution in [3.8, 4) is 0 Å². The third kappa shape index (κ3) is 1.44. The third-order valence-electron chi connectivity index (χ3n) is 2.37. The van der Waals surface area contributed by atoms with Gasteiger partial charge in [0.2, 0.25) is 0 Å². The zero-order valence-corrected chi connectivity index (χ0v) is 8.04. The minimum absolute atomic E-state index is 0.502. The smallest absolute Gasteiger partial charge is 0.0730 e. The van der Waals surface area contributed by atoms with Crippen molar-refractivity contribution in [3.05, 3.63) is 11.9 Å². The maximum Gasteiger partial charge on any atom is 0.0730 e. The number of nitrogens with zero attached hydrogens (tertiary/aromatic N) is 2. The normalized spacial score (nSPS) is 11.0. The number of hydrogen-bond donors (Lipinski definition) is 1. The molecule has 3 heteroatoms. The Labute approximate surface area is 73.6 Å². The van der Waals surface area contributed by atoms with Gasteiger partial charge in [-0.2, -0.15) is 5.10 Å². The van der Waals surface area contributed by atoms with Gasteiger partial charge in [-0.25, -0.2) is 0 Å². The van der Waals surface area contributed by atoms with E-state index in [1.54, 1.807) is 6.20 Å². The van der Waals surface area contributed by atoms with Gasteiger partial charge in [0.05, 0.1) is 23.6 Å². The van der Waals surface area contributed by atoms with E-state index in [1.165, 1.54) is 0 Å². The Balaban J connectivity index is 2.93. The summed E-state index contributed by atoms with van der Waals surface area (Å²) in [5, 5.41) is 4.25. The number of nitrogen functional groups attached to an aromatic ring is 1.